The number of rotatable bonds is 5. The maximum absolute atomic E-state index is 11.8. The molecule has 2 rings (SSSR count). The number of benzene rings is 2. The van der Waals surface area contributed by atoms with Crippen molar-refractivity contribution in [3.8, 4) is 0 Å². The van der Waals surface area contributed by atoms with E-state index in [1.165, 1.54) is 6.92 Å². The van der Waals surface area contributed by atoms with Crippen LogP contribution in [0.2, 0.25) is 0 Å². The number of carbonyl (C=O) groups is 2. The summed E-state index contributed by atoms with van der Waals surface area (Å²) in [5, 5.41) is 5.88. The van der Waals surface area contributed by atoms with Crippen LogP contribution in [0.1, 0.15) is 34.6 Å². The number of carbonyl (C=O) groups excluding carboxylic acids is 2. The van der Waals surface area contributed by atoms with Gasteiger partial charge in [-0.3, -0.25) is 9.59 Å². The monoisotopic (exact) mass is 297 g/mol. The quantitative estimate of drug-likeness (QED) is 0.585. The predicted octanol–water partition coefficient (Wildman–Crippen LogP) is 2.96. The smallest absolute Gasteiger partial charge is 0.251 e. The van der Waals surface area contributed by atoms with E-state index in [9.17, 15) is 9.59 Å². The molecule has 0 bridgehead atoms. The SMILES string of the molecule is CCNC(=O)c1ccc(Nc2cccc(C(C)=O)c2)c(N)c1. The lowest BCUT2D eigenvalue weighted by Crippen LogP contribution is -2.22. The van der Waals surface area contributed by atoms with Crippen LogP contribution in [0.5, 0.6) is 0 Å². The first-order chi connectivity index (χ1) is 10.5. The third-order valence-corrected chi connectivity index (χ3v) is 3.20. The van der Waals surface area contributed by atoms with Crippen molar-refractivity contribution in [2.75, 3.05) is 17.6 Å². The number of Topliss-reactive ketones (excluding diaryl/α,β-unsaturated/α-hetero) is 1. The van der Waals surface area contributed by atoms with E-state index in [2.05, 4.69) is 10.6 Å². The van der Waals surface area contributed by atoms with Gasteiger partial charge in [-0.05, 0) is 44.2 Å². The van der Waals surface area contributed by atoms with Crippen LogP contribution < -0.4 is 16.4 Å². The molecule has 0 aliphatic carbocycles. The van der Waals surface area contributed by atoms with Crippen molar-refractivity contribution < 1.29 is 9.59 Å². The van der Waals surface area contributed by atoms with Gasteiger partial charge in [-0.15, -0.1) is 0 Å². The Morgan fingerprint density at radius 2 is 1.86 bits per heavy atom. The van der Waals surface area contributed by atoms with Crippen molar-refractivity contribution in [2.24, 2.45) is 0 Å². The van der Waals surface area contributed by atoms with Gasteiger partial charge in [0.05, 0.1) is 11.4 Å². The van der Waals surface area contributed by atoms with E-state index in [4.69, 9.17) is 5.73 Å². The molecular formula is C17H19N3O2. The minimum atomic E-state index is -0.153. The summed E-state index contributed by atoms with van der Waals surface area (Å²) in [5.41, 5.74) is 9.06. The zero-order chi connectivity index (χ0) is 16.1. The Bertz CT molecular complexity index is 711. The zero-order valence-corrected chi connectivity index (χ0v) is 12.6. The van der Waals surface area contributed by atoms with Gasteiger partial charge in [-0.1, -0.05) is 12.1 Å². The second-order valence-electron chi connectivity index (χ2n) is 4.92. The first-order valence-electron chi connectivity index (χ1n) is 7.07. The van der Waals surface area contributed by atoms with Crippen molar-refractivity contribution in [3.05, 3.63) is 53.6 Å². The van der Waals surface area contributed by atoms with Crippen LogP contribution in [-0.2, 0) is 0 Å². The van der Waals surface area contributed by atoms with Crippen molar-refractivity contribution in [3.63, 3.8) is 0 Å². The average molecular weight is 297 g/mol. The molecule has 5 heteroatoms. The predicted molar refractivity (Wildman–Crippen MR) is 88.6 cm³/mol. The molecule has 0 aromatic heterocycles. The van der Waals surface area contributed by atoms with Gasteiger partial charge in [0.25, 0.3) is 5.91 Å². The first-order valence-corrected chi connectivity index (χ1v) is 7.07. The standard InChI is InChI=1S/C17H19N3O2/c1-3-19-17(22)13-7-8-16(15(18)10-13)20-14-6-4-5-12(9-14)11(2)21/h4-10,20H,3,18H2,1-2H3,(H,19,22). The minimum absolute atomic E-state index is 0.00297. The fourth-order valence-corrected chi connectivity index (χ4v) is 2.05. The molecule has 0 aliphatic heterocycles. The molecule has 0 unspecified atom stereocenters. The molecule has 0 heterocycles. The summed E-state index contributed by atoms with van der Waals surface area (Å²) in [6, 6.07) is 12.3. The largest absolute Gasteiger partial charge is 0.397 e. The van der Waals surface area contributed by atoms with Gasteiger partial charge >= 0.3 is 0 Å². The van der Waals surface area contributed by atoms with E-state index in [1.807, 2.05) is 13.0 Å². The number of amides is 1. The molecule has 0 saturated carbocycles. The fourth-order valence-electron chi connectivity index (χ4n) is 2.05. The zero-order valence-electron chi connectivity index (χ0n) is 12.6. The highest BCUT2D eigenvalue weighted by Gasteiger charge is 2.08. The molecular weight excluding hydrogens is 278 g/mol. The average Bonchev–Trinajstić information content (AvgIpc) is 2.50. The Balaban J connectivity index is 2.22. The van der Waals surface area contributed by atoms with Crippen molar-refractivity contribution in [1.29, 1.82) is 0 Å². The lowest BCUT2D eigenvalue weighted by molar-refractivity contribution is 0.0954. The maximum Gasteiger partial charge on any atom is 0.251 e. The fraction of sp³-hybridized carbons (Fsp3) is 0.176. The highest BCUT2D eigenvalue weighted by atomic mass is 16.1. The first kappa shape index (κ1) is 15.6. The highest BCUT2D eigenvalue weighted by molar-refractivity contribution is 5.97. The van der Waals surface area contributed by atoms with Crippen molar-refractivity contribution in [1.82, 2.24) is 5.32 Å². The molecule has 0 atom stereocenters. The van der Waals surface area contributed by atoms with Gasteiger partial charge in [-0.25, -0.2) is 0 Å². The summed E-state index contributed by atoms with van der Waals surface area (Å²) < 4.78 is 0. The van der Waals surface area contributed by atoms with E-state index in [0.29, 0.717) is 29.0 Å². The summed E-state index contributed by atoms with van der Waals surface area (Å²) >= 11 is 0. The molecule has 114 valence electrons. The topological polar surface area (TPSA) is 84.2 Å². The molecule has 1 amide bonds. The number of nitrogens with two attached hydrogens (primary N) is 1. The maximum atomic E-state index is 11.8. The second kappa shape index (κ2) is 6.76. The molecule has 5 nitrogen and oxygen atoms in total. The van der Waals surface area contributed by atoms with Crippen LogP contribution in [0.4, 0.5) is 17.1 Å². The number of anilines is 3. The Kier molecular flexibility index (Phi) is 4.78. The van der Waals surface area contributed by atoms with Gasteiger partial charge in [0.1, 0.15) is 0 Å². The Morgan fingerprint density at radius 1 is 1.09 bits per heavy atom. The molecule has 0 radical (unpaired) electrons. The minimum Gasteiger partial charge on any atom is -0.397 e. The third kappa shape index (κ3) is 3.63. The van der Waals surface area contributed by atoms with Crippen LogP contribution in [0, 0.1) is 0 Å². The Hall–Kier alpha value is -2.82. The van der Waals surface area contributed by atoms with E-state index in [-0.39, 0.29) is 11.7 Å². The van der Waals surface area contributed by atoms with Crippen molar-refractivity contribution >= 4 is 28.8 Å². The second-order valence-corrected chi connectivity index (χ2v) is 4.92. The number of nitrogens with one attached hydrogen (secondary N) is 2. The molecule has 0 spiro atoms. The van der Waals surface area contributed by atoms with Crippen LogP contribution in [0.15, 0.2) is 42.5 Å². The number of hydrogen-bond acceptors (Lipinski definition) is 4. The van der Waals surface area contributed by atoms with E-state index < -0.39 is 0 Å². The molecule has 0 aliphatic rings. The summed E-state index contributed by atoms with van der Waals surface area (Å²) in [6.45, 7) is 3.95. The Labute approximate surface area is 129 Å². The third-order valence-electron chi connectivity index (χ3n) is 3.20. The molecule has 2 aromatic carbocycles. The summed E-state index contributed by atoms with van der Waals surface area (Å²) in [6.07, 6.45) is 0. The van der Waals surface area contributed by atoms with Crippen LogP contribution in [0.3, 0.4) is 0 Å². The van der Waals surface area contributed by atoms with E-state index in [0.717, 1.165) is 5.69 Å². The van der Waals surface area contributed by atoms with Crippen LogP contribution in [0.25, 0.3) is 0 Å². The van der Waals surface area contributed by atoms with Gasteiger partial charge in [0.2, 0.25) is 0 Å². The van der Waals surface area contributed by atoms with Crippen LogP contribution in [-0.4, -0.2) is 18.2 Å². The molecule has 22 heavy (non-hydrogen) atoms. The van der Waals surface area contributed by atoms with Gasteiger partial charge in [-0.2, -0.15) is 0 Å². The van der Waals surface area contributed by atoms with Crippen molar-refractivity contribution in [2.45, 2.75) is 13.8 Å². The molecule has 2 aromatic rings. The van der Waals surface area contributed by atoms with Gasteiger partial charge in [0, 0.05) is 23.4 Å². The highest BCUT2D eigenvalue weighted by Crippen LogP contribution is 2.25. The number of nitrogen functional groups attached to an aromatic ring is 1. The molecule has 0 saturated heterocycles. The number of ketones is 1. The summed E-state index contributed by atoms with van der Waals surface area (Å²) in [5.74, 6) is -0.150. The Morgan fingerprint density at radius 3 is 2.50 bits per heavy atom. The van der Waals surface area contributed by atoms with Gasteiger partial charge in [0.15, 0.2) is 5.78 Å². The van der Waals surface area contributed by atoms with E-state index in [1.54, 1.807) is 36.4 Å². The van der Waals surface area contributed by atoms with Crippen LogP contribution >= 0.6 is 0 Å². The normalized spacial score (nSPS) is 10.1. The molecule has 4 N–H and O–H groups in total. The summed E-state index contributed by atoms with van der Waals surface area (Å²) in [4.78, 5) is 23.2. The molecule has 0 fully saturated rings. The summed E-state index contributed by atoms with van der Waals surface area (Å²) in [7, 11) is 0. The van der Waals surface area contributed by atoms with E-state index >= 15 is 0 Å². The lowest BCUT2D eigenvalue weighted by atomic mass is 10.1. The lowest BCUT2D eigenvalue weighted by Gasteiger charge is -2.11. The van der Waals surface area contributed by atoms with Gasteiger partial charge < -0.3 is 16.4 Å². The number of hydrogen-bond donors (Lipinski definition) is 3.